The highest BCUT2D eigenvalue weighted by Gasteiger charge is 2.37. The smallest absolute Gasteiger partial charge is 0.338 e. The number of hydrogen-bond acceptors (Lipinski definition) is 12. The molecular weight excluding hydrogens is 1010 g/mol. The van der Waals surface area contributed by atoms with Gasteiger partial charge in [0.05, 0.1) is 39.3 Å². The molecule has 0 unspecified atom stereocenters. The van der Waals surface area contributed by atoms with Crippen molar-refractivity contribution in [1.29, 1.82) is 0 Å². The molecule has 0 heterocycles. The van der Waals surface area contributed by atoms with Crippen molar-refractivity contribution in [2.45, 2.75) is 233 Å². The zero-order valence-corrected chi connectivity index (χ0v) is 51.8. The Labute approximate surface area is 479 Å². The number of benzene rings is 2. The number of esters is 4. The van der Waals surface area contributed by atoms with Crippen molar-refractivity contribution < 1.29 is 52.0 Å². The molecule has 2 fully saturated rings. The first-order valence-electron chi connectivity index (χ1n) is 30.8. The Morgan fingerprint density at radius 2 is 0.937 bits per heavy atom. The molecule has 0 radical (unpaired) electrons. The molecule has 2 aliphatic carbocycles. The van der Waals surface area contributed by atoms with E-state index in [1.165, 1.54) is 88.2 Å². The molecule has 0 N–H and O–H groups in total. The molecule has 2 aromatic rings. The summed E-state index contributed by atoms with van der Waals surface area (Å²) in [4.78, 5) is 53.2. The average molecular weight is 1120 g/mol. The molecule has 0 amide bonds. The van der Waals surface area contributed by atoms with Crippen molar-refractivity contribution in [2.24, 2.45) is 11.8 Å². The Bertz CT molecular complexity index is 2030. The van der Waals surface area contributed by atoms with E-state index in [0.29, 0.717) is 111 Å². The number of hydrogen-bond donors (Lipinski definition) is 0. The summed E-state index contributed by atoms with van der Waals surface area (Å²) in [5.41, 5.74) is 3.05. The zero-order chi connectivity index (χ0) is 57.6. The lowest BCUT2D eigenvalue weighted by Crippen LogP contribution is -2.43. The van der Waals surface area contributed by atoms with Crippen LogP contribution in [0.3, 0.4) is 0 Å². The highest BCUT2D eigenvalue weighted by molar-refractivity contribution is 6.74. The maximum atomic E-state index is 13.0. The molecule has 13 heteroatoms. The van der Waals surface area contributed by atoms with Crippen LogP contribution in [0.4, 0.5) is 0 Å². The summed E-state index contributed by atoms with van der Waals surface area (Å²) in [5, 5.41) is 0.0594. The summed E-state index contributed by atoms with van der Waals surface area (Å²) in [6.45, 7) is 29.9. The van der Waals surface area contributed by atoms with Gasteiger partial charge in [-0.25, -0.2) is 9.59 Å². The summed E-state index contributed by atoms with van der Waals surface area (Å²) in [6.07, 6.45) is 24.9. The molecule has 444 valence electrons. The second-order valence-corrected chi connectivity index (χ2v) is 29.2. The van der Waals surface area contributed by atoms with Crippen molar-refractivity contribution >= 4 is 32.2 Å². The van der Waals surface area contributed by atoms with Gasteiger partial charge in [-0.05, 0) is 181 Å². The van der Waals surface area contributed by atoms with Gasteiger partial charge >= 0.3 is 23.9 Å². The lowest BCUT2D eigenvalue weighted by atomic mass is 9.77. The topological polar surface area (TPSA) is 136 Å². The van der Waals surface area contributed by atoms with Crippen LogP contribution in [0.1, 0.15) is 226 Å². The van der Waals surface area contributed by atoms with Gasteiger partial charge < -0.3 is 32.8 Å². The normalized spacial score (nSPS) is 17.7. The maximum absolute atomic E-state index is 13.0. The van der Waals surface area contributed by atoms with Crippen molar-refractivity contribution in [3.63, 3.8) is 0 Å². The summed E-state index contributed by atoms with van der Waals surface area (Å²) < 4.78 is 41.6. The molecule has 2 aromatic carbocycles. The minimum absolute atomic E-state index is 0.0594. The first-order chi connectivity index (χ1) is 37.8. The van der Waals surface area contributed by atoms with Gasteiger partial charge in [0.25, 0.3) is 0 Å². The van der Waals surface area contributed by atoms with Crippen LogP contribution in [0.15, 0.2) is 60.7 Å². The van der Waals surface area contributed by atoms with Gasteiger partial charge in [0.2, 0.25) is 0 Å². The summed E-state index contributed by atoms with van der Waals surface area (Å²) in [5.74, 6) is 3.00. The third-order valence-electron chi connectivity index (χ3n) is 16.7. The van der Waals surface area contributed by atoms with E-state index in [9.17, 15) is 19.2 Å². The average Bonchev–Trinajstić information content (AvgIpc) is 3.44. The molecule has 0 bridgehead atoms. The van der Waals surface area contributed by atoms with Crippen LogP contribution >= 0.6 is 0 Å². The maximum Gasteiger partial charge on any atom is 0.338 e. The van der Waals surface area contributed by atoms with E-state index < -0.39 is 20.3 Å². The van der Waals surface area contributed by atoms with E-state index in [4.69, 9.17) is 32.8 Å². The Balaban J connectivity index is 1.16. The largest absolute Gasteiger partial charge is 0.490 e. The van der Waals surface area contributed by atoms with E-state index in [2.05, 4.69) is 77.9 Å². The molecule has 12 nitrogen and oxygen atoms in total. The van der Waals surface area contributed by atoms with Crippen LogP contribution in [0.5, 0.6) is 23.0 Å². The van der Waals surface area contributed by atoms with Crippen LogP contribution in [0, 0.1) is 11.8 Å². The second-order valence-electron chi connectivity index (χ2n) is 24.4. The first kappa shape index (κ1) is 67.0. The van der Waals surface area contributed by atoms with E-state index >= 15 is 0 Å². The SMILES string of the molecule is C=C(C)C(=O)Oc1cc(C2CCC(CCCCC)CC2)ccc1OCCCCCOC(=O)CCN(CCO[Si](C)(C)C(C)(C)C)CCC(=O)OCCCCCOc1ccc(C2CCC(CCCCC)CC2)cc1OC(=O)C(=C)C. The minimum atomic E-state index is -2.00. The van der Waals surface area contributed by atoms with Gasteiger partial charge in [0.15, 0.2) is 31.3 Å². The molecule has 2 saturated carbocycles. The van der Waals surface area contributed by atoms with Crippen LogP contribution in [-0.2, 0) is 33.1 Å². The van der Waals surface area contributed by atoms with Gasteiger partial charge in [0, 0.05) is 37.4 Å². The minimum Gasteiger partial charge on any atom is -0.490 e. The molecule has 0 atom stereocenters. The molecule has 0 spiro atoms. The molecule has 79 heavy (non-hydrogen) atoms. The third-order valence-corrected chi connectivity index (χ3v) is 21.2. The molecule has 2 aliphatic rings. The highest BCUT2D eigenvalue weighted by Crippen LogP contribution is 2.43. The predicted octanol–water partition coefficient (Wildman–Crippen LogP) is 16.3. The number of nitrogens with zero attached hydrogens (tertiary/aromatic N) is 1. The Morgan fingerprint density at radius 1 is 0.532 bits per heavy atom. The van der Waals surface area contributed by atoms with Crippen molar-refractivity contribution in [3.05, 3.63) is 71.8 Å². The molecule has 0 saturated heterocycles. The molecule has 0 aromatic heterocycles. The Kier molecular flexibility index (Phi) is 30.6. The first-order valence-corrected chi connectivity index (χ1v) is 33.7. The number of unbranched alkanes of at least 4 members (excludes halogenated alkanes) is 8. The van der Waals surface area contributed by atoms with Gasteiger partial charge in [-0.1, -0.05) is 111 Å². The van der Waals surface area contributed by atoms with Gasteiger partial charge in [-0.15, -0.1) is 0 Å². The second kappa shape index (κ2) is 36.1. The van der Waals surface area contributed by atoms with E-state index in [-0.39, 0.29) is 29.8 Å². The Hall–Kier alpha value is -4.46. The van der Waals surface area contributed by atoms with Crippen LogP contribution in [0.25, 0.3) is 0 Å². The van der Waals surface area contributed by atoms with Gasteiger partial charge in [-0.2, -0.15) is 0 Å². The predicted molar refractivity (Wildman–Crippen MR) is 321 cm³/mol. The standard InChI is InChI=1S/C66H105NO11Si/c1-12-14-18-24-52-26-30-54(31-27-52)56-34-36-58(60(48-56)77-64(70)50(3)4)72-43-20-16-22-45-74-62(68)38-40-67(42-47-76-79(10,11)66(7,8)9)41-39-63(69)75-46-23-17-21-44-73-59-37-35-57(49-61(59)78-65(71)51(5)6)55-32-28-53(29-33-55)25-19-15-13-2/h34-37,48-49,52-55H,3,5,12-33,38-47H2,1-2,4,6-11H3. The van der Waals surface area contributed by atoms with Crippen molar-refractivity contribution in [3.8, 4) is 23.0 Å². The molecule has 4 rings (SSSR count). The monoisotopic (exact) mass is 1120 g/mol. The fourth-order valence-corrected chi connectivity index (χ4v) is 11.4. The summed E-state index contributed by atoms with van der Waals surface area (Å²) in [6, 6.07) is 12.1. The fraction of sp³-hybridized carbons (Fsp3) is 0.697. The van der Waals surface area contributed by atoms with Crippen LogP contribution in [0.2, 0.25) is 18.1 Å². The lowest BCUT2D eigenvalue weighted by Gasteiger charge is -2.36. The highest BCUT2D eigenvalue weighted by atomic mass is 28.4. The van der Waals surface area contributed by atoms with E-state index in [1.807, 2.05) is 24.3 Å². The number of rotatable bonds is 38. The van der Waals surface area contributed by atoms with Gasteiger partial charge in [0.1, 0.15) is 0 Å². The lowest BCUT2D eigenvalue weighted by molar-refractivity contribution is -0.144. The number of carbonyl (C=O) groups excluding carboxylic acids is 4. The zero-order valence-electron chi connectivity index (χ0n) is 50.8. The van der Waals surface area contributed by atoms with Crippen LogP contribution in [-0.4, -0.2) is 89.8 Å². The summed E-state index contributed by atoms with van der Waals surface area (Å²) in [7, 11) is -2.00. The molecular formula is C66H105NO11Si. The van der Waals surface area contributed by atoms with Crippen molar-refractivity contribution in [2.75, 3.05) is 52.7 Å². The fourth-order valence-electron chi connectivity index (χ4n) is 10.4. The number of ether oxygens (including phenoxy) is 6. The quantitative estimate of drug-likeness (QED) is 0.0208. The van der Waals surface area contributed by atoms with Crippen molar-refractivity contribution in [1.82, 2.24) is 4.90 Å². The Morgan fingerprint density at radius 3 is 1.32 bits per heavy atom. The third kappa shape index (κ3) is 25.5. The summed E-state index contributed by atoms with van der Waals surface area (Å²) >= 11 is 0. The van der Waals surface area contributed by atoms with E-state index in [0.717, 1.165) is 63.2 Å². The molecule has 0 aliphatic heterocycles. The van der Waals surface area contributed by atoms with E-state index in [1.54, 1.807) is 13.8 Å². The number of carbonyl (C=O) groups is 4. The van der Waals surface area contributed by atoms with Crippen LogP contribution < -0.4 is 18.9 Å². The van der Waals surface area contributed by atoms with Gasteiger partial charge in [-0.3, -0.25) is 14.5 Å².